The van der Waals surface area contributed by atoms with Gasteiger partial charge in [0.15, 0.2) is 0 Å². The first-order valence-electron chi connectivity index (χ1n) is 11.3. The van der Waals surface area contributed by atoms with E-state index >= 15 is 0 Å². The number of hydrogen-bond donors (Lipinski definition) is 2. The average Bonchev–Trinajstić information content (AvgIpc) is 2.68. The first-order chi connectivity index (χ1) is 14.5. The van der Waals surface area contributed by atoms with Crippen LogP contribution in [0.25, 0.3) is 0 Å². The van der Waals surface area contributed by atoms with E-state index < -0.39 is 0 Å². The van der Waals surface area contributed by atoms with Gasteiger partial charge in [0.2, 0.25) is 0 Å². The van der Waals surface area contributed by atoms with Crippen molar-refractivity contribution in [1.82, 2.24) is 0 Å². The highest BCUT2D eigenvalue weighted by Gasteiger charge is 2.14. The van der Waals surface area contributed by atoms with E-state index in [2.05, 4.69) is 77.5 Å². The molecule has 0 aliphatic carbocycles. The van der Waals surface area contributed by atoms with Crippen molar-refractivity contribution in [2.45, 2.75) is 79.1 Å². The van der Waals surface area contributed by atoms with Crippen LogP contribution >= 0.6 is 0 Å². The largest absolute Gasteiger partial charge is 0.507 e. The van der Waals surface area contributed by atoms with E-state index in [1.54, 1.807) is 12.4 Å². The third-order valence-electron chi connectivity index (χ3n) is 5.58. The molecule has 0 unspecified atom stereocenters. The molecule has 0 aliphatic rings. The molecule has 0 aromatic heterocycles. The summed E-state index contributed by atoms with van der Waals surface area (Å²) in [4.78, 5) is 8.80. The van der Waals surface area contributed by atoms with Gasteiger partial charge < -0.3 is 10.2 Å². The maximum Gasteiger partial charge on any atom is 0.129 e. The molecule has 2 aromatic rings. The minimum Gasteiger partial charge on any atom is -0.507 e. The fourth-order valence-corrected chi connectivity index (χ4v) is 3.48. The quantitative estimate of drug-likeness (QED) is 0.446. The maximum atomic E-state index is 10.6. The molecule has 0 spiro atoms. The number of hydrogen-bond acceptors (Lipinski definition) is 4. The molecule has 0 atom stereocenters. The van der Waals surface area contributed by atoms with E-state index in [1.165, 1.54) is 11.1 Å². The van der Waals surface area contributed by atoms with Crippen molar-refractivity contribution < 1.29 is 10.2 Å². The van der Waals surface area contributed by atoms with Crippen LogP contribution in [0.1, 0.15) is 112 Å². The van der Waals surface area contributed by atoms with E-state index in [1.807, 2.05) is 12.1 Å². The summed E-state index contributed by atoms with van der Waals surface area (Å²) in [7, 11) is 0. The van der Waals surface area contributed by atoms with Gasteiger partial charge in [0.05, 0.1) is 0 Å². The molecule has 2 rings (SSSR count). The molecule has 0 aliphatic heterocycles. The van der Waals surface area contributed by atoms with Crippen molar-refractivity contribution in [3.63, 3.8) is 0 Å². The van der Waals surface area contributed by atoms with Gasteiger partial charge in [-0.1, -0.05) is 67.5 Å². The Hall–Kier alpha value is -2.62. The second kappa shape index (κ2) is 10.6. The molecule has 2 aromatic carbocycles. The van der Waals surface area contributed by atoms with Gasteiger partial charge in [-0.05, 0) is 58.1 Å². The fourth-order valence-electron chi connectivity index (χ4n) is 3.48. The topological polar surface area (TPSA) is 65.2 Å². The van der Waals surface area contributed by atoms with Gasteiger partial charge in [0.25, 0.3) is 0 Å². The van der Waals surface area contributed by atoms with Gasteiger partial charge in [-0.25, -0.2) is 0 Å². The molecule has 0 saturated carbocycles. The number of nitrogens with zero attached hydrogens (tertiary/aromatic N) is 2. The van der Waals surface area contributed by atoms with E-state index in [9.17, 15) is 10.2 Å². The van der Waals surface area contributed by atoms with Crippen LogP contribution in [0.2, 0.25) is 0 Å². The van der Waals surface area contributed by atoms with Crippen LogP contribution in [0.5, 0.6) is 11.5 Å². The monoisotopic (exact) mass is 422 g/mol. The summed E-state index contributed by atoms with van der Waals surface area (Å²) in [6.07, 6.45) is 3.38. The Labute approximate surface area is 187 Å². The van der Waals surface area contributed by atoms with Crippen LogP contribution in [0, 0.1) is 0 Å². The predicted molar refractivity (Wildman–Crippen MR) is 133 cm³/mol. The summed E-state index contributed by atoms with van der Waals surface area (Å²) < 4.78 is 0. The molecule has 2 N–H and O–H groups in total. The van der Waals surface area contributed by atoms with E-state index in [-0.39, 0.29) is 30.0 Å². The third kappa shape index (κ3) is 6.19. The SMILES string of the molecule is CC(C)c1cc(C=NCN=Cc2cc(C(C)C)cc(C(C)C)c2O)c(O)c(C(C)C)c1. The summed E-state index contributed by atoms with van der Waals surface area (Å²) in [5.41, 5.74) is 5.68. The normalized spacial score (nSPS) is 12.5. The first kappa shape index (κ1) is 24.6. The molecule has 0 saturated heterocycles. The van der Waals surface area contributed by atoms with Crippen LogP contribution in [0.4, 0.5) is 0 Å². The smallest absolute Gasteiger partial charge is 0.129 e. The second-order valence-electron chi connectivity index (χ2n) is 9.48. The van der Waals surface area contributed by atoms with Crippen LogP contribution in [0.15, 0.2) is 34.3 Å². The Morgan fingerprint density at radius 3 is 1.26 bits per heavy atom. The number of aliphatic imine (C=N–C) groups is 2. The third-order valence-corrected chi connectivity index (χ3v) is 5.58. The van der Waals surface area contributed by atoms with Gasteiger partial charge >= 0.3 is 0 Å². The Balaban J connectivity index is 2.26. The number of phenols is 2. The van der Waals surface area contributed by atoms with E-state index in [4.69, 9.17) is 0 Å². The second-order valence-corrected chi connectivity index (χ2v) is 9.48. The summed E-state index contributed by atoms with van der Waals surface area (Å²) in [6, 6.07) is 8.14. The zero-order chi connectivity index (χ0) is 23.3. The summed E-state index contributed by atoms with van der Waals surface area (Å²) in [6.45, 7) is 17.1. The van der Waals surface area contributed by atoms with Crippen molar-refractivity contribution >= 4 is 12.4 Å². The Morgan fingerprint density at radius 1 is 0.613 bits per heavy atom. The molecule has 0 bridgehead atoms. The van der Waals surface area contributed by atoms with Crippen molar-refractivity contribution in [2.75, 3.05) is 6.67 Å². The highest BCUT2D eigenvalue weighted by Crippen LogP contribution is 2.33. The van der Waals surface area contributed by atoms with Gasteiger partial charge in [0, 0.05) is 23.6 Å². The molecule has 0 amide bonds. The maximum absolute atomic E-state index is 10.6. The lowest BCUT2D eigenvalue weighted by Crippen LogP contribution is -1.99. The van der Waals surface area contributed by atoms with Crippen molar-refractivity contribution in [3.8, 4) is 11.5 Å². The highest BCUT2D eigenvalue weighted by molar-refractivity contribution is 5.86. The van der Waals surface area contributed by atoms with Gasteiger partial charge in [-0.3, -0.25) is 9.98 Å². The number of rotatable bonds is 8. The molecule has 4 nitrogen and oxygen atoms in total. The summed E-state index contributed by atoms with van der Waals surface area (Å²) in [5.74, 6) is 1.78. The standard InChI is InChI=1S/C27H38N2O2/c1-16(2)20-9-22(26(30)24(11-20)18(5)6)13-28-15-29-14-23-10-21(17(3)4)12-25(19(7)8)27(23)31/h9-14,16-19,30-31H,15H2,1-8H3. The number of benzene rings is 2. The number of aromatic hydroxyl groups is 2. The van der Waals surface area contributed by atoms with Crippen molar-refractivity contribution in [1.29, 1.82) is 0 Å². The van der Waals surface area contributed by atoms with Crippen LogP contribution < -0.4 is 0 Å². The van der Waals surface area contributed by atoms with Crippen molar-refractivity contribution in [2.24, 2.45) is 9.98 Å². The molecule has 168 valence electrons. The average molecular weight is 423 g/mol. The van der Waals surface area contributed by atoms with Gasteiger partial charge in [0.1, 0.15) is 18.2 Å². The molecule has 0 radical (unpaired) electrons. The molecule has 0 heterocycles. The van der Waals surface area contributed by atoms with Crippen LogP contribution in [-0.4, -0.2) is 29.3 Å². The zero-order valence-corrected chi connectivity index (χ0v) is 20.3. The number of phenolic OH excluding ortho intramolecular Hbond substituents is 2. The van der Waals surface area contributed by atoms with Gasteiger partial charge in [-0.2, -0.15) is 0 Å². The van der Waals surface area contributed by atoms with Crippen molar-refractivity contribution in [3.05, 3.63) is 57.6 Å². The lowest BCUT2D eigenvalue weighted by atomic mass is 9.92. The fraction of sp³-hybridized carbons (Fsp3) is 0.481. The molecule has 0 fully saturated rings. The summed E-state index contributed by atoms with van der Waals surface area (Å²) in [5, 5.41) is 21.3. The Morgan fingerprint density at radius 2 is 0.968 bits per heavy atom. The van der Waals surface area contributed by atoms with E-state index in [0.717, 1.165) is 22.3 Å². The Bertz CT molecular complexity index is 877. The molecular weight excluding hydrogens is 384 g/mol. The van der Waals surface area contributed by atoms with E-state index in [0.29, 0.717) is 11.8 Å². The molecule has 31 heavy (non-hydrogen) atoms. The minimum absolute atomic E-state index is 0.227. The predicted octanol–water partition coefficient (Wildman–Crippen LogP) is 7.09. The first-order valence-corrected chi connectivity index (χ1v) is 11.3. The molecule has 4 heteroatoms. The summed E-state index contributed by atoms with van der Waals surface area (Å²) >= 11 is 0. The van der Waals surface area contributed by atoms with Crippen LogP contribution in [-0.2, 0) is 0 Å². The minimum atomic E-state index is 0.227. The van der Waals surface area contributed by atoms with Crippen LogP contribution in [0.3, 0.4) is 0 Å². The molecular formula is C27H38N2O2. The lowest BCUT2D eigenvalue weighted by Gasteiger charge is -2.15. The lowest BCUT2D eigenvalue weighted by molar-refractivity contribution is 0.463. The Kier molecular flexibility index (Phi) is 8.43. The zero-order valence-electron chi connectivity index (χ0n) is 20.3. The van der Waals surface area contributed by atoms with Gasteiger partial charge in [-0.15, -0.1) is 0 Å². The highest BCUT2D eigenvalue weighted by atomic mass is 16.3.